The molecule has 0 amide bonds. The third-order valence-corrected chi connectivity index (χ3v) is 3.26. The molecule has 0 spiro atoms. The largest absolute Gasteiger partial charge is 0.480 e. The molecule has 0 aliphatic rings. The van der Waals surface area contributed by atoms with Crippen LogP contribution in [0.25, 0.3) is 0 Å². The summed E-state index contributed by atoms with van der Waals surface area (Å²) in [4.78, 5) is 33.8. The van der Waals surface area contributed by atoms with Gasteiger partial charge in [-0.15, -0.1) is 0 Å². The summed E-state index contributed by atoms with van der Waals surface area (Å²) in [5.41, 5.74) is 12.2. The minimum Gasteiger partial charge on any atom is -0.480 e. The molecule has 0 fully saturated rings. The molecule has 1 aromatic rings. The van der Waals surface area contributed by atoms with Crippen molar-refractivity contribution >= 4 is 17.5 Å². The highest BCUT2D eigenvalue weighted by atomic mass is 16.4. The normalized spacial score (nSPS) is 13.5. The molecule has 0 saturated carbocycles. The van der Waals surface area contributed by atoms with Crippen molar-refractivity contribution in [3.05, 3.63) is 35.4 Å². The molecule has 0 aliphatic heterocycles. The van der Waals surface area contributed by atoms with Gasteiger partial charge in [0.2, 0.25) is 0 Å². The van der Waals surface area contributed by atoms with Gasteiger partial charge in [0.25, 0.3) is 0 Å². The zero-order valence-corrected chi connectivity index (χ0v) is 11.9. The second kappa shape index (κ2) is 7.66. The number of rotatable bonds is 8. The van der Waals surface area contributed by atoms with Crippen molar-refractivity contribution < 1.29 is 19.5 Å². The van der Waals surface area contributed by atoms with Gasteiger partial charge in [0.05, 0.1) is 6.04 Å². The van der Waals surface area contributed by atoms with Crippen LogP contribution in [0.5, 0.6) is 0 Å². The van der Waals surface area contributed by atoms with E-state index in [0.29, 0.717) is 24.0 Å². The highest BCUT2D eigenvalue weighted by Crippen LogP contribution is 2.11. The van der Waals surface area contributed by atoms with Crippen molar-refractivity contribution in [2.45, 2.75) is 38.3 Å². The Labute approximate surface area is 123 Å². The van der Waals surface area contributed by atoms with Gasteiger partial charge in [-0.1, -0.05) is 24.3 Å². The van der Waals surface area contributed by atoms with Crippen LogP contribution in [0.2, 0.25) is 0 Å². The minimum absolute atomic E-state index is 0.0686. The molecule has 1 unspecified atom stereocenters. The molecule has 1 rings (SSSR count). The molecule has 114 valence electrons. The molecular weight excluding hydrogens is 272 g/mol. The molecule has 0 heterocycles. The fraction of sp³-hybridized carbons (Fsp3) is 0.400. The number of benzene rings is 1. The monoisotopic (exact) mass is 292 g/mol. The van der Waals surface area contributed by atoms with Gasteiger partial charge in [-0.3, -0.25) is 14.4 Å². The maximum Gasteiger partial charge on any atom is 0.320 e. The predicted molar refractivity (Wildman–Crippen MR) is 78.2 cm³/mol. The topological polar surface area (TPSA) is 123 Å². The first-order valence-electron chi connectivity index (χ1n) is 6.72. The fourth-order valence-corrected chi connectivity index (χ4v) is 1.90. The van der Waals surface area contributed by atoms with Crippen LogP contribution in [-0.2, 0) is 4.79 Å². The number of carbonyl (C=O) groups excluding carboxylic acids is 2. The van der Waals surface area contributed by atoms with Crippen LogP contribution in [0.1, 0.15) is 46.9 Å². The Morgan fingerprint density at radius 1 is 1.00 bits per heavy atom. The van der Waals surface area contributed by atoms with Gasteiger partial charge < -0.3 is 16.6 Å². The lowest BCUT2D eigenvalue weighted by molar-refractivity contribution is -0.138. The van der Waals surface area contributed by atoms with E-state index in [0.717, 1.165) is 0 Å². The van der Waals surface area contributed by atoms with E-state index in [1.54, 1.807) is 24.3 Å². The quantitative estimate of drug-likeness (QED) is 0.614. The van der Waals surface area contributed by atoms with Crippen molar-refractivity contribution in [1.82, 2.24) is 0 Å². The summed E-state index contributed by atoms with van der Waals surface area (Å²) in [5, 5.41) is 8.65. The number of carboxylic acid groups (broad SMARTS) is 1. The molecule has 21 heavy (non-hydrogen) atoms. The average molecular weight is 292 g/mol. The van der Waals surface area contributed by atoms with Gasteiger partial charge in [0.15, 0.2) is 11.6 Å². The number of carbonyl (C=O) groups is 3. The molecule has 6 nitrogen and oxygen atoms in total. The minimum atomic E-state index is -1.06. The first-order valence-corrected chi connectivity index (χ1v) is 6.72. The van der Waals surface area contributed by atoms with E-state index in [1.807, 2.05) is 0 Å². The van der Waals surface area contributed by atoms with Gasteiger partial charge in [-0.25, -0.2) is 0 Å². The number of hydrogen-bond acceptors (Lipinski definition) is 5. The highest BCUT2D eigenvalue weighted by molar-refractivity contribution is 6.01. The first kappa shape index (κ1) is 17.0. The van der Waals surface area contributed by atoms with Crippen molar-refractivity contribution in [2.75, 3.05) is 0 Å². The second-order valence-electron chi connectivity index (χ2n) is 4.98. The summed E-state index contributed by atoms with van der Waals surface area (Å²) in [6.45, 7) is 1.45. The van der Waals surface area contributed by atoms with Gasteiger partial charge in [-0.05, 0) is 26.2 Å². The Kier molecular flexibility index (Phi) is 6.20. The van der Waals surface area contributed by atoms with Gasteiger partial charge >= 0.3 is 5.97 Å². The molecule has 0 radical (unpaired) electrons. The maximum absolute atomic E-state index is 12.1. The number of Topliss-reactive ketones (excluding diaryl/α,β-unsaturated/α-hetero) is 2. The third-order valence-electron chi connectivity index (χ3n) is 3.26. The Morgan fingerprint density at radius 3 is 1.95 bits per heavy atom. The Bertz CT molecular complexity index is 525. The number of nitrogens with two attached hydrogens (primary N) is 2. The van der Waals surface area contributed by atoms with E-state index in [-0.39, 0.29) is 18.0 Å². The number of carboxylic acids is 1. The molecule has 2 atom stereocenters. The SMILES string of the molecule is CC(=O)c1ccc(C(=O)C(N)CCC[C@H](N)C(=O)O)cc1. The van der Waals surface area contributed by atoms with E-state index >= 15 is 0 Å². The van der Waals surface area contributed by atoms with Gasteiger partial charge in [0.1, 0.15) is 6.04 Å². The number of hydrogen-bond donors (Lipinski definition) is 3. The maximum atomic E-state index is 12.1. The van der Waals surface area contributed by atoms with Crippen LogP contribution in [0.4, 0.5) is 0 Å². The molecule has 1 aromatic carbocycles. The summed E-state index contributed by atoms with van der Waals surface area (Å²) < 4.78 is 0. The number of ketones is 2. The summed E-state index contributed by atoms with van der Waals surface area (Å²) in [7, 11) is 0. The zero-order chi connectivity index (χ0) is 16.0. The summed E-state index contributed by atoms with van der Waals surface area (Å²) in [6, 6.07) is 4.69. The summed E-state index contributed by atoms with van der Waals surface area (Å²) in [6.07, 6.45) is 1.11. The molecular formula is C15H20N2O4. The fourth-order valence-electron chi connectivity index (χ4n) is 1.90. The molecule has 0 bridgehead atoms. The van der Waals surface area contributed by atoms with E-state index in [1.165, 1.54) is 6.92 Å². The lowest BCUT2D eigenvalue weighted by Gasteiger charge is -2.12. The Morgan fingerprint density at radius 2 is 1.48 bits per heavy atom. The van der Waals surface area contributed by atoms with E-state index in [9.17, 15) is 14.4 Å². The van der Waals surface area contributed by atoms with Gasteiger partial charge in [-0.2, -0.15) is 0 Å². The molecule has 0 aliphatic carbocycles. The van der Waals surface area contributed by atoms with Crippen molar-refractivity contribution in [3.63, 3.8) is 0 Å². The lowest BCUT2D eigenvalue weighted by Crippen LogP contribution is -2.33. The number of aliphatic carboxylic acids is 1. The average Bonchev–Trinajstić information content (AvgIpc) is 2.46. The van der Waals surface area contributed by atoms with E-state index in [2.05, 4.69) is 0 Å². The molecule has 6 heteroatoms. The van der Waals surface area contributed by atoms with Crippen molar-refractivity contribution in [3.8, 4) is 0 Å². The predicted octanol–water partition coefficient (Wildman–Crippen LogP) is 0.981. The van der Waals surface area contributed by atoms with E-state index < -0.39 is 18.1 Å². The Hall–Kier alpha value is -2.05. The van der Waals surface area contributed by atoms with Crippen LogP contribution in [0.3, 0.4) is 0 Å². The third kappa shape index (κ3) is 5.09. The molecule has 0 saturated heterocycles. The van der Waals surface area contributed by atoms with Crippen molar-refractivity contribution in [2.24, 2.45) is 11.5 Å². The zero-order valence-electron chi connectivity index (χ0n) is 11.9. The van der Waals surface area contributed by atoms with Crippen molar-refractivity contribution in [1.29, 1.82) is 0 Å². The lowest BCUT2D eigenvalue weighted by atomic mass is 9.98. The molecule has 0 aromatic heterocycles. The molecule has 5 N–H and O–H groups in total. The van der Waals surface area contributed by atoms with Crippen LogP contribution in [0, 0.1) is 0 Å². The van der Waals surface area contributed by atoms with Crippen LogP contribution in [0.15, 0.2) is 24.3 Å². The Balaban J connectivity index is 2.54. The van der Waals surface area contributed by atoms with Crippen LogP contribution >= 0.6 is 0 Å². The second-order valence-corrected chi connectivity index (χ2v) is 4.98. The first-order chi connectivity index (χ1) is 9.82. The smallest absolute Gasteiger partial charge is 0.320 e. The standard InChI is InChI=1S/C15H20N2O4/c1-9(18)10-5-7-11(8-6-10)14(19)12(16)3-2-4-13(17)15(20)21/h5-8,12-13H,2-4,16-17H2,1H3,(H,20,21)/t12?,13-/m0/s1. The summed E-state index contributed by atoms with van der Waals surface area (Å²) >= 11 is 0. The van der Waals surface area contributed by atoms with Crippen LogP contribution in [-0.4, -0.2) is 34.7 Å². The van der Waals surface area contributed by atoms with Gasteiger partial charge in [0, 0.05) is 11.1 Å². The van der Waals surface area contributed by atoms with E-state index in [4.69, 9.17) is 16.6 Å². The van der Waals surface area contributed by atoms with Crippen LogP contribution < -0.4 is 11.5 Å². The summed E-state index contributed by atoms with van der Waals surface area (Å²) in [5.74, 6) is -1.36. The highest BCUT2D eigenvalue weighted by Gasteiger charge is 2.17.